The molecule has 0 saturated carbocycles. The minimum atomic E-state index is -0.304. The van der Waals surface area contributed by atoms with Crippen LogP contribution >= 0.6 is 12.4 Å². The van der Waals surface area contributed by atoms with Gasteiger partial charge in [0, 0.05) is 13.1 Å². The van der Waals surface area contributed by atoms with Gasteiger partial charge in [-0.15, -0.1) is 12.4 Å². The molecule has 1 heterocycles. The van der Waals surface area contributed by atoms with Gasteiger partial charge in [-0.05, 0) is 44.0 Å². The summed E-state index contributed by atoms with van der Waals surface area (Å²) in [6.45, 7) is 3.59. The van der Waals surface area contributed by atoms with Crippen LogP contribution in [0.1, 0.15) is 25.3 Å². The van der Waals surface area contributed by atoms with Crippen molar-refractivity contribution in [3.05, 3.63) is 35.6 Å². The molecule has 128 valence electrons. The van der Waals surface area contributed by atoms with Crippen LogP contribution in [-0.4, -0.2) is 42.4 Å². The summed E-state index contributed by atoms with van der Waals surface area (Å²) >= 11 is 0. The summed E-state index contributed by atoms with van der Waals surface area (Å²) in [5.74, 6) is -0.531. The number of carbonyl (C=O) groups is 2. The van der Waals surface area contributed by atoms with Crippen LogP contribution in [0.25, 0.3) is 0 Å². The first-order valence-electron chi connectivity index (χ1n) is 7.63. The molecule has 2 amide bonds. The molecule has 0 spiro atoms. The quantitative estimate of drug-likeness (QED) is 0.822. The maximum absolute atomic E-state index is 12.8. The average Bonchev–Trinajstić information content (AvgIpc) is 3.06. The summed E-state index contributed by atoms with van der Waals surface area (Å²) in [5.41, 5.74) is 0.821. The molecule has 1 aliphatic rings. The van der Waals surface area contributed by atoms with Gasteiger partial charge in [0.25, 0.3) is 0 Å². The number of nitrogens with one attached hydrogen (secondary N) is 2. The zero-order chi connectivity index (χ0) is 15.9. The highest BCUT2D eigenvalue weighted by Crippen LogP contribution is 2.08. The van der Waals surface area contributed by atoms with Crippen molar-refractivity contribution in [2.24, 2.45) is 0 Å². The number of benzene rings is 1. The summed E-state index contributed by atoms with van der Waals surface area (Å²) in [4.78, 5) is 25.8. The fraction of sp³-hybridized carbons (Fsp3) is 0.500. The predicted molar refractivity (Wildman–Crippen MR) is 88.8 cm³/mol. The Morgan fingerprint density at radius 3 is 2.61 bits per heavy atom. The van der Waals surface area contributed by atoms with Gasteiger partial charge in [0.05, 0.1) is 12.6 Å². The molecular weight excluding hydrogens is 321 g/mol. The van der Waals surface area contributed by atoms with Crippen LogP contribution < -0.4 is 10.6 Å². The second-order valence-corrected chi connectivity index (χ2v) is 5.40. The first-order chi connectivity index (χ1) is 10.6. The lowest BCUT2D eigenvalue weighted by Gasteiger charge is -2.23. The van der Waals surface area contributed by atoms with Gasteiger partial charge in [0.1, 0.15) is 5.82 Å². The molecule has 1 unspecified atom stereocenters. The van der Waals surface area contributed by atoms with E-state index in [0.717, 1.165) is 24.9 Å². The van der Waals surface area contributed by atoms with Crippen LogP contribution in [-0.2, 0) is 16.1 Å². The molecule has 2 rings (SSSR count). The molecule has 1 aromatic rings. The third kappa shape index (κ3) is 5.80. The van der Waals surface area contributed by atoms with Gasteiger partial charge in [-0.3, -0.25) is 9.59 Å². The van der Waals surface area contributed by atoms with Crippen LogP contribution in [0.4, 0.5) is 4.39 Å². The van der Waals surface area contributed by atoms with Crippen molar-refractivity contribution in [3.63, 3.8) is 0 Å². The molecule has 1 fully saturated rings. The standard InChI is InChI=1S/C16H22FN3O2.ClH/c1-2-20(16(22)14-4-3-9-18-14)11-15(21)19-10-12-5-7-13(17)8-6-12;/h5-8,14,18H,2-4,9-11H2,1H3,(H,19,21);1H. The number of halogens is 2. The van der Waals surface area contributed by atoms with E-state index in [1.807, 2.05) is 6.92 Å². The van der Waals surface area contributed by atoms with Crippen molar-refractivity contribution in [1.82, 2.24) is 15.5 Å². The topological polar surface area (TPSA) is 61.4 Å². The van der Waals surface area contributed by atoms with Gasteiger partial charge in [-0.1, -0.05) is 12.1 Å². The Hall–Kier alpha value is -1.66. The van der Waals surface area contributed by atoms with E-state index in [4.69, 9.17) is 0 Å². The summed E-state index contributed by atoms with van der Waals surface area (Å²) in [6, 6.07) is 5.80. The Kier molecular flexibility index (Phi) is 7.98. The third-order valence-electron chi connectivity index (χ3n) is 3.79. The van der Waals surface area contributed by atoms with E-state index in [-0.39, 0.29) is 42.6 Å². The molecule has 0 radical (unpaired) electrons. The van der Waals surface area contributed by atoms with Gasteiger partial charge < -0.3 is 15.5 Å². The molecule has 0 aromatic heterocycles. The van der Waals surface area contributed by atoms with Crippen molar-refractivity contribution >= 4 is 24.2 Å². The second-order valence-electron chi connectivity index (χ2n) is 5.40. The lowest BCUT2D eigenvalue weighted by molar-refractivity contribution is -0.137. The van der Waals surface area contributed by atoms with Crippen LogP contribution in [0.2, 0.25) is 0 Å². The van der Waals surface area contributed by atoms with Crippen LogP contribution in [0.3, 0.4) is 0 Å². The van der Waals surface area contributed by atoms with E-state index in [1.54, 1.807) is 17.0 Å². The zero-order valence-electron chi connectivity index (χ0n) is 13.2. The minimum Gasteiger partial charge on any atom is -0.350 e. The Labute approximate surface area is 142 Å². The number of hydrogen-bond acceptors (Lipinski definition) is 3. The fourth-order valence-electron chi connectivity index (χ4n) is 2.49. The maximum Gasteiger partial charge on any atom is 0.240 e. The summed E-state index contributed by atoms with van der Waals surface area (Å²) in [6.07, 6.45) is 1.82. The monoisotopic (exact) mass is 343 g/mol. The van der Waals surface area contributed by atoms with Gasteiger partial charge >= 0.3 is 0 Å². The molecule has 1 aromatic carbocycles. The highest BCUT2D eigenvalue weighted by molar-refractivity contribution is 5.87. The van der Waals surface area contributed by atoms with Crippen LogP contribution in [0, 0.1) is 5.82 Å². The number of carbonyl (C=O) groups excluding carboxylic acids is 2. The Bertz CT molecular complexity index is 519. The van der Waals surface area contributed by atoms with Crippen molar-refractivity contribution in [2.75, 3.05) is 19.6 Å². The summed E-state index contributed by atoms with van der Waals surface area (Å²) < 4.78 is 12.8. The first kappa shape index (κ1) is 19.4. The highest BCUT2D eigenvalue weighted by Gasteiger charge is 2.27. The van der Waals surface area contributed by atoms with Crippen molar-refractivity contribution in [2.45, 2.75) is 32.4 Å². The number of amides is 2. The lowest BCUT2D eigenvalue weighted by Crippen LogP contribution is -2.47. The van der Waals surface area contributed by atoms with E-state index < -0.39 is 0 Å². The number of hydrogen-bond donors (Lipinski definition) is 2. The summed E-state index contributed by atoms with van der Waals surface area (Å²) in [5, 5.41) is 5.90. The van der Waals surface area contributed by atoms with Gasteiger partial charge in [0.15, 0.2) is 0 Å². The van der Waals surface area contributed by atoms with Crippen molar-refractivity contribution in [1.29, 1.82) is 0 Å². The maximum atomic E-state index is 12.8. The smallest absolute Gasteiger partial charge is 0.240 e. The normalized spacial score (nSPS) is 16.5. The SMILES string of the molecule is CCN(CC(=O)NCc1ccc(F)cc1)C(=O)C1CCCN1.Cl. The summed E-state index contributed by atoms with van der Waals surface area (Å²) in [7, 11) is 0. The third-order valence-corrected chi connectivity index (χ3v) is 3.79. The van der Waals surface area contributed by atoms with Gasteiger partial charge in [-0.2, -0.15) is 0 Å². The Morgan fingerprint density at radius 1 is 1.35 bits per heavy atom. The highest BCUT2D eigenvalue weighted by atomic mass is 35.5. The largest absolute Gasteiger partial charge is 0.350 e. The van der Waals surface area contributed by atoms with E-state index in [0.29, 0.717) is 13.1 Å². The zero-order valence-corrected chi connectivity index (χ0v) is 14.0. The lowest BCUT2D eigenvalue weighted by atomic mass is 10.2. The first-order valence-corrected chi connectivity index (χ1v) is 7.63. The van der Waals surface area contributed by atoms with Crippen LogP contribution in [0.5, 0.6) is 0 Å². The Balaban J connectivity index is 0.00000264. The Morgan fingerprint density at radius 2 is 2.04 bits per heavy atom. The van der Waals surface area contributed by atoms with E-state index in [2.05, 4.69) is 10.6 Å². The predicted octanol–water partition coefficient (Wildman–Crippen LogP) is 1.46. The van der Waals surface area contributed by atoms with E-state index in [9.17, 15) is 14.0 Å². The van der Waals surface area contributed by atoms with E-state index >= 15 is 0 Å². The van der Waals surface area contributed by atoms with Crippen molar-refractivity contribution in [3.8, 4) is 0 Å². The number of rotatable bonds is 6. The van der Waals surface area contributed by atoms with E-state index in [1.165, 1.54) is 12.1 Å². The molecule has 2 N–H and O–H groups in total. The molecule has 23 heavy (non-hydrogen) atoms. The minimum absolute atomic E-state index is 0. The molecular formula is C16H23ClFN3O2. The molecule has 1 saturated heterocycles. The number of nitrogens with zero attached hydrogens (tertiary/aromatic N) is 1. The molecule has 1 aliphatic heterocycles. The molecule has 1 atom stereocenters. The molecule has 7 heteroatoms. The molecule has 0 aliphatic carbocycles. The second kappa shape index (κ2) is 9.47. The van der Waals surface area contributed by atoms with Gasteiger partial charge in [-0.25, -0.2) is 4.39 Å². The number of likely N-dealkylation sites (N-methyl/N-ethyl adjacent to an activating group) is 1. The molecule has 5 nitrogen and oxygen atoms in total. The molecule has 0 bridgehead atoms. The average molecular weight is 344 g/mol. The fourth-order valence-corrected chi connectivity index (χ4v) is 2.49. The van der Waals surface area contributed by atoms with Crippen molar-refractivity contribution < 1.29 is 14.0 Å². The van der Waals surface area contributed by atoms with Crippen LogP contribution in [0.15, 0.2) is 24.3 Å². The van der Waals surface area contributed by atoms with Gasteiger partial charge in [0.2, 0.25) is 11.8 Å².